The molecule has 2 aromatic heterocycles. The summed E-state index contributed by atoms with van der Waals surface area (Å²) in [7, 11) is 0. The van der Waals surface area contributed by atoms with Crippen LogP contribution in [0.15, 0.2) is 58.6 Å². The van der Waals surface area contributed by atoms with Crippen LogP contribution in [-0.2, 0) is 5.75 Å². The van der Waals surface area contributed by atoms with E-state index in [1.165, 1.54) is 28.1 Å². The number of hydrogen-bond acceptors (Lipinski definition) is 4. The molecule has 0 amide bonds. The number of fused-ring (bicyclic) bond motifs is 2. The first kappa shape index (κ1) is 13.1. The lowest BCUT2D eigenvalue weighted by molar-refractivity contribution is 1.01. The van der Waals surface area contributed by atoms with Gasteiger partial charge in [-0.2, -0.15) is 4.98 Å². The van der Waals surface area contributed by atoms with Crippen molar-refractivity contribution in [2.24, 2.45) is 0 Å². The van der Waals surface area contributed by atoms with Crippen LogP contribution >= 0.6 is 11.8 Å². The third-order valence-electron chi connectivity index (χ3n) is 3.53. The number of rotatable bonds is 3. The molecule has 0 saturated heterocycles. The van der Waals surface area contributed by atoms with Gasteiger partial charge in [0.1, 0.15) is 10.5 Å². The molecule has 0 unspecified atom stereocenters. The maximum Gasteiger partial charge on any atom is 0.347 e. The van der Waals surface area contributed by atoms with Gasteiger partial charge in [0.2, 0.25) is 0 Å². The predicted molar refractivity (Wildman–Crippen MR) is 88.0 cm³/mol. The third-order valence-corrected chi connectivity index (χ3v) is 4.55. The topological polar surface area (TPSA) is 74.4 Å². The van der Waals surface area contributed by atoms with Gasteiger partial charge < -0.3 is 4.98 Å². The summed E-state index contributed by atoms with van der Waals surface area (Å²) in [6.07, 6.45) is 1.56. The largest absolute Gasteiger partial charge is 0.347 e. The lowest BCUT2D eigenvalue weighted by atomic mass is 10.1. The molecule has 2 aromatic carbocycles. The Bertz CT molecular complexity index is 1020. The molecule has 0 saturated carbocycles. The summed E-state index contributed by atoms with van der Waals surface area (Å²) in [6.45, 7) is 0. The maximum absolute atomic E-state index is 11.6. The molecule has 0 fully saturated rings. The molecule has 0 spiro atoms. The Labute approximate surface area is 129 Å². The maximum atomic E-state index is 11.6. The highest BCUT2D eigenvalue weighted by Gasteiger charge is 2.09. The van der Waals surface area contributed by atoms with E-state index in [2.05, 4.69) is 50.3 Å². The zero-order valence-corrected chi connectivity index (χ0v) is 12.4. The van der Waals surface area contributed by atoms with Crippen molar-refractivity contribution in [2.75, 3.05) is 0 Å². The Morgan fingerprint density at radius 3 is 2.91 bits per heavy atom. The average Bonchev–Trinajstić information content (AvgIpc) is 3.00. The zero-order chi connectivity index (χ0) is 14.9. The standard InChI is InChI=1S/C16H12N4OS/c21-16-19-14-13(17-9-18-14)15(20-16)22-8-11-6-3-5-10-4-1-2-7-12(10)11/h1-7,9H,8H2,(H2,17,18,19,20,21). The quantitative estimate of drug-likeness (QED) is 0.450. The molecule has 0 radical (unpaired) electrons. The van der Waals surface area contributed by atoms with Crippen molar-refractivity contribution in [3.05, 3.63) is 64.8 Å². The number of thioether (sulfide) groups is 1. The second kappa shape index (κ2) is 5.31. The summed E-state index contributed by atoms with van der Waals surface area (Å²) in [4.78, 5) is 25.4. The van der Waals surface area contributed by atoms with E-state index in [1.54, 1.807) is 6.33 Å². The van der Waals surface area contributed by atoms with Crippen molar-refractivity contribution in [1.29, 1.82) is 0 Å². The van der Waals surface area contributed by atoms with Crippen molar-refractivity contribution in [1.82, 2.24) is 19.9 Å². The van der Waals surface area contributed by atoms with E-state index in [1.807, 2.05) is 12.1 Å². The first-order valence-corrected chi connectivity index (χ1v) is 7.83. The van der Waals surface area contributed by atoms with Crippen LogP contribution in [0.25, 0.3) is 21.9 Å². The molecule has 0 atom stereocenters. The van der Waals surface area contributed by atoms with Crippen molar-refractivity contribution < 1.29 is 0 Å². The van der Waals surface area contributed by atoms with Crippen molar-refractivity contribution in [2.45, 2.75) is 10.8 Å². The summed E-state index contributed by atoms with van der Waals surface area (Å²) >= 11 is 1.53. The van der Waals surface area contributed by atoms with Crippen LogP contribution < -0.4 is 5.69 Å². The lowest BCUT2D eigenvalue weighted by Gasteiger charge is -2.06. The molecule has 0 aliphatic rings. The molecule has 5 nitrogen and oxygen atoms in total. The summed E-state index contributed by atoms with van der Waals surface area (Å²) in [6, 6.07) is 14.5. The molecule has 2 N–H and O–H groups in total. The Balaban J connectivity index is 1.72. The minimum absolute atomic E-state index is 0.375. The molecule has 0 aliphatic carbocycles. The second-order valence-corrected chi connectivity index (χ2v) is 5.86. The number of nitrogens with zero attached hydrogens (tertiary/aromatic N) is 2. The highest BCUT2D eigenvalue weighted by molar-refractivity contribution is 7.98. The lowest BCUT2D eigenvalue weighted by Crippen LogP contribution is -2.10. The van der Waals surface area contributed by atoms with Crippen LogP contribution in [0, 0.1) is 0 Å². The Morgan fingerprint density at radius 1 is 1.09 bits per heavy atom. The summed E-state index contributed by atoms with van der Waals surface area (Å²) in [5, 5.41) is 3.11. The minimum Gasteiger partial charge on any atom is -0.341 e. The van der Waals surface area contributed by atoms with Crippen LogP contribution in [0.2, 0.25) is 0 Å². The van der Waals surface area contributed by atoms with Gasteiger partial charge in [-0.25, -0.2) is 9.78 Å². The van der Waals surface area contributed by atoms with Gasteiger partial charge in [-0.05, 0) is 16.3 Å². The number of aromatic amines is 2. The smallest absolute Gasteiger partial charge is 0.341 e. The number of aromatic nitrogens is 4. The van der Waals surface area contributed by atoms with Gasteiger partial charge in [-0.3, -0.25) is 4.98 Å². The van der Waals surface area contributed by atoms with Crippen LogP contribution in [0.4, 0.5) is 0 Å². The fourth-order valence-corrected chi connectivity index (χ4v) is 3.49. The van der Waals surface area contributed by atoms with E-state index in [0.29, 0.717) is 10.7 Å². The molecule has 0 aliphatic heterocycles. The highest BCUT2D eigenvalue weighted by atomic mass is 32.2. The van der Waals surface area contributed by atoms with E-state index >= 15 is 0 Å². The first-order valence-electron chi connectivity index (χ1n) is 6.84. The van der Waals surface area contributed by atoms with Crippen molar-refractivity contribution in [3.63, 3.8) is 0 Å². The van der Waals surface area contributed by atoms with Crippen LogP contribution in [-0.4, -0.2) is 19.9 Å². The number of imidazole rings is 1. The van der Waals surface area contributed by atoms with E-state index in [0.717, 1.165) is 11.3 Å². The van der Waals surface area contributed by atoms with Crippen molar-refractivity contribution in [3.8, 4) is 0 Å². The molecule has 4 rings (SSSR count). The van der Waals surface area contributed by atoms with E-state index in [-0.39, 0.29) is 5.69 Å². The summed E-state index contributed by atoms with van der Waals surface area (Å²) in [5.41, 5.74) is 2.16. The molecular weight excluding hydrogens is 296 g/mol. The normalized spacial score (nSPS) is 11.3. The summed E-state index contributed by atoms with van der Waals surface area (Å²) in [5.74, 6) is 0.742. The van der Waals surface area contributed by atoms with Gasteiger partial charge in [0.25, 0.3) is 0 Å². The van der Waals surface area contributed by atoms with Gasteiger partial charge in [0.05, 0.1) is 6.33 Å². The molecule has 2 heterocycles. The first-order chi connectivity index (χ1) is 10.8. The number of hydrogen-bond donors (Lipinski definition) is 2. The molecule has 22 heavy (non-hydrogen) atoms. The highest BCUT2D eigenvalue weighted by Crippen LogP contribution is 2.28. The van der Waals surface area contributed by atoms with E-state index < -0.39 is 0 Å². The van der Waals surface area contributed by atoms with Gasteiger partial charge in [0.15, 0.2) is 5.65 Å². The van der Waals surface area contributed by atoms with Crippen LogP contribution in [0.3, 0.4) is 0 Å². The molecular formula is C16H12N4OS. The Hall–Kier alpha value is -2.60. The monoisotopic (exact) mass is 308 g/mol. The average molecular weight is 308 g/mol. The molecule has 0 bridgehead atoms. The van der Waals surface area contributed by atoms with E-state index in [4.69, 9.17) is 0 Å². The number of nitrogens with one attached hydrogen (secondary N) is 2. The summed E-state index contributed by atoms with van der Waals surface area (Å²) < 4.78 is 0. The zero-order valence-electron chi connectivity index (χ0n) is 11.5. The molecule has 6 heteroatoms. The van der Waals surface area contributed by atoms with Crippen LogP contribution in [0.5, 0.6) is 0 Å². The van der Waals surface area contributed by atoms with Gasteiger partial charge in [-0.15, -0.1) is 0 Å². The fourth-order valence-electron chi connectivity index (χ4n) is 2.50. The number of H-pyrrole nitrogens is 2. The predicted octanol–water partition coefficient (Wildman–Crippen LogP) is 3.09. The minimum atomic E-state index is -0.375. The second-order valence-electron chi connectivity index (χ2n) is 4.90. The Morgan fingerprint density at radius 2 is 1.95 bits per heavy atom. The van der Waals surface area contributed by atoms with Gasteiger partial charge in [-0.1, -0.05) is 54.2 Å². The van der Waals surface area contributed by atoms with Crippen molar-refractivity contribution >= 4 is 33.7 Å². The fraction of sp³-hybridized carbons (Fsp3) is 0.0625. The molecule has 4 aromatic rings. The SMILES string of the molecule is O=c1nc(SCc2cccc3ccccc23)c2[nH]cnc2[nH]1. The van der Waals surface area contributed by atoms with Gasteiger partial charge >= 0.3 is 5.69 Å². The third kappa shape index (κ3) is 2.27. The Kier molecular flexibility index (Phi) is 3.16. The van der Waals surface area contributed by atoms with E-state index in [9.17, 15) is 4.79 Å². The van der Waals surface area contributed by atoms with Gasteiger partial charge in [0, 0.05) is 5.75 Å². The van der Waals surface area contributed by atoms with Crippen LogP contribution in [0.1, 0.15) is 5.56 Å². The molecule has 108 valence electrons. The number of benzene rings is 2.